The number of hydrogen-bond donors (Lipinski definition) is 2. The summed E-state index contributed by atoms with van der Waals surface area (Å²) in [5, 5.41) is 13.3. The number of hydrogen-bond acceptors (Lipinski definition) is 3. The van der Waals surface area contributed by atoms with Gasteiger partial charge in [-0.25, -0.2) is 0 Å². The van der Waals surface area contributed by atoms with Crippen LogP contribution in [-0.4, -0.2) is 38.0 Å². The van der Waals surface area contributed by atoms with E-state index in [9.17, 15) is 14.9 Å². The lowest BCUT2D eigenvalue weighted by Crippen LogP contribution is -3.06. The standard InChI is InChI=1S/C11H15N3O3/c1-13(2)7-6-12-11(15)9-4-3-5-10(8-9)14(16)17/h3-5,8H,6-7H2,1-2H3,(H,12,15)/p+1. The van der Waals surface area contributed by atoms with Crippen molar-refractivity contribution in [2.45, 2.75) is 0 Å². The lowest BCUT2D eigenvalue weighted by atomic mass is 10.2. The molecule has 92 valence electrons. The molecule has 0 radical (unpaired) electrons. The third-order valence-electron chi connectivity index (χ3n) is 2.23. The van der Waals surface area contributed by atoms with Gasteiger partial charge in [0.15, 0.2) is 0 Å². The summed E-state index contributed by atoms with van der Waals surface area (Å²) in [6.07, 6.45) is 0. The Kier molecular flexibility index (Phi) is 4.59. The van der Waals surface area contributed by atoms with Crippen LogP contribution in [0.5, 0.6) is 0 Å². The average molecular weight is 238 g/mol. The van der Waals surface area contributed by atoms with Crippen LogP contribution in [-0.2, 0) is 0 Å². The minimum Gasteiger partial charge on any atom is -0.346 e. The molecule has 0 bridgehead atoms. The number of carbonyl (C=O) groups excluding carboxylic acids is 1. The number of non-ortho nitro benzene ring substituents is 1. The largest absolute Gasteiger partial charge is 0.346 e. The Balaban J connectivity index is 2.63. The highest BCUT2D eigenvalue weighted by molar-refractivity contribution is 5.94. The monoisotopic (exact) mass is 238 g/mol. The molecule has 0 atom stereocenters. The van der Waals surface area contributed by atoms with Gasteiger partial charge in [-0.1, -0.05) is 6.07 Å². The maximum atomic E-state index is 11.7. The fraction of sp³-hybridized carbons (Fsp3) is 0.364. The summed E-state index contributed by atoms with van der Waals surface area (Å²) < 4.78 is 0. The molecule has 17 heavy (non-hydrogen) atoms. The zero-order chi connectivity index (χ0) is 12.8. The number of quaternary nitrogens is 1. The highest BCUT2D eigenvalue weighted by atomic mass is 16.6. The van der Waals surface area contributed by atoms with Gasteiger partial charge in [0, 0.05) is 17.7 Å². The van der Waals surface area contributed by atoms with E-state index < -0.39 is 4.92 Å². The van der Waals surface area contributed by atoms with Crippen LogP contribution >= 0.6 is 0 Å². The number of carbonyl (C=O) groups is 1. The summed E-state index contributed by atoms with van der Waals surface area (Å²) in [5.74, 6) is -0.282. The third-order valence-corrected chi connectivity index (χ3v) is 2.23. The first-order chi connectivity index (χ1) is 8.00. The van der Waals surface area contributed by atoms with Crippen molar-refractivity contribution in [3.05, 3.63) is 39.9 Å². The van der Waals surface area contributed by atoms with E-state index in [1.54, 1.807) is 6.07 Å². The second-order valence-corrected chi connectivity index (χ2v) is 4.02. The number of rotatable bonds is 5. The molecule has 0 saturated carbocycles. The van der Waals surface area contributed by atoms with Crippen LogP contribution in [0.2, 0.25) is 0 Å². The molecule has 1 aromatic carbocycles. The van der Waals surface area contributed by atoms with E-state index in [1.807, 2.05) is 14.1 Å². The molecule has 0 spiro atoms. The first-order valence-corrected chi connectivity index (χ1v) is 5.32. The van der Waals surface area contributed by atoms with E-state index in [1.165, 1.54) is 23.1 Å². The SMILES string of the molecule is C[NH+](C)CCNC(=O)c1cccc([N+](=O)[O-])c1. The van der Waals surface area contributed by atoms with E-state index in [4.69, 9.17) is 0 Å². The molecule has 6 heteroatoms. The van der Waals surface area contributed by atoms with Gasteiger partial charge in [0.2, 0.25) is 0 Å². The van der Waals surface area contributed by atoms with E-state index in [-0.39, 0.29) is 11.6 Å². The molecule has 0 aliphatic heterocycles. The molecule has 0 heterocycles. The van der Waals surface area contributed by atoms with Gasteiger partial charge < -0.3 is 10.2 Å². The lowest BCUT2D eigenvalue weighted by Gasteiger charge is -2.08. The fourth-order valence-electron chi connectivity index (χ4n) is 1.29. The first-order valence-electron chi connectivity index (χ1n) is 5.32. The van der Waals surface area contributed by atoms with E-state index in [0.717, 1.165) is 6.54 Å². The van der Waals surface area contributed by atoms with Crippen molar-refractivity contribution in [3.8, 4) is 0 Å². The molecule has 6 nitrogen and oxygen atoms in total. The van der Waals surface area contributed by atoms with Crippen molar-refractivity contribution in [1.29, 1.82) is 0 Å². The van der Waals surface area contributed by atoms with E-state index >= 15 is 0 Å². The minimum atomic E-state index is -0.513. The van der Waals surface area contributed by atoms with Gasteiger partial charge in [0.25, 0.3) is 11.6 Å². The maximum Gasteiger partial charge on any atom is 0.270 e. The smallest absolute Gasteiger partial charge is 0.270 e. The fourth-order valence-corrected chi connectivity index (χ4v) is 1.29. The molecular weight excluding hydrogens is 222 g/mol. The molecule has 0 saturated heterocycles. The summed E-state index contributed by atoms with van der Waals surface area (Å²) in [5.41, 5.74) is 0.240. The van der Waals surface area contributed by atoms with Crippen LogP contribution in [0, 0.1) is 10.1 Å². The second-order valence-electron chi connectivity index (χ2n) is 4.02. The van der Waals surface area contributed by atoms with Crippen LogP contribution in [0.15, 0.2) is 24.3 Å². The van der Waals surface area contributed by atoms with Crippen molar-refractivity contribution in [2.24, 2.45) is 0 Å². The number of nitrogens with one attached hydrogen (secondary N) is 2. The average Bonchev–Trinajstić information content (AvgIpc) is 2.28. The summed E-state index contributed by atoms with van der Waals surface area (Å²) >= 11 is 0. The summed E-state index contributed by atoms with van der Waals surface area (Å²) in [6.45, 7) is 1.35. The van der Waals surface area contributed by atoms with Gasteiger partial charge >= 0.3 is 0 Å². The molecule has 0 aliphatic rings. The number of nitrogens with zero attached hydrogens (tertiary/aromatic N) is 1. The Labute approximate surface area is 99.4 Å². The van der Waals surface area contributed by atoms with Crippen LogP contribution in [0.3, 0.4) is 0 Å². The van der Waals surface area contributed by atoms with Crippen LogP contribution in [0.25, 0.3) is 0 Å². The lowest BCUT2D eigenvalue weighted by molar-refractivity contribution is -0.856. The number of benzene rings is 1. The van der Waals surface area contributed by atoms with Crippen molar-refractivity contribution >= 4 is 11.6 Å². The van der Waals surface area contributed by atoms with Crippen LogP contribution in [0.1, 0.15) is 10.4 Å². The Hall–Kier alpha value is -1.95. The molecule has 0 aliphatic carbocycles. The predicted octanol–water partition coefficient (Wildman–Crippen LogP) is -0.531. The van der Waals surface area contributed by atoms with E-state index in [0.29, 0.717) is 12.1 Å². The Morgan fingerprint density at radius 1 is 1.47 bits per heavy atom. The Morgan fingerprint density at radius 3 is 2.76 bits per heavy atom. The molecule has 2 N–H and O–H groups in total. The summed E-state index contributed by atoms with van der Waals surface area (Å²) in [7, 11) is 3.97. The Morgan fingerprint density at radius 2 is 2.18 bits per heavy atom. The second kappa shape index (κ2) is 5.95. The number of likely N-dealkylation sites (N-methyl/N-ethyl adjacent to an activating group) is 1. The van der Waals surface area contributed by atoms with Gasteiger partial charge in [-0.2, -0.15) is 0 Å². The van der Waals surface area contributed by atoms with Crippen LogP contribution in [0.4, 0.5) is 5.69 Å². The zero-order valence-corrected chi connectivity index (χ0v) is 9.90. The van der Waals surface area contributed by atoms with Gasteiger partial charge in [-0.3, -0.25) is 14.9 Å². The molecule has 1 aromatic rings. The predicted molar refractivity (Wildman–Crippen MR) is 63.1 cm³/mol. The summed E-state index contributed by atoms with van der Waals surface area (Å²) in [4.78, 5) is 22.9. The maximum absolute atomic E-state index is 11.7. The molecular formula is C11H16N3O3+. The van der Waals surface area contributed by atoms with E-state index in [2.05, 4.69) is 5.32 Å². The van der Waals surface area contributed by atoms with Gasteiger partial charge in [0.1, 0.15) is 0 Å². The molecule has 1 rings (SSSR count). The molecule has 0 unspecified atom stereocenters. The highest BCUT2D eigenvalue weighted by Crippen LogP contribution is 2.12. The molecule has 1 amide bonds. The molecule has 0 fully saturated rings. The summed E-state index contributed by atoms with van der Waals surface area (Å²) in [6, 6.07) is 5.70. The van der Waals surface area contributed by atoms with Crippen molar-refractivity contribution in [2.75, 3.05) is 27.2 Å². The van der Waals surface area contributed by atoms with Crippen molar-refractivity contribution in [1.82, 2.24) is 5.32 Å². The van der Waals surface area contributed by atoms with Crippen molar-refractivity contribution in [3.63, 3.8) is 0 Å². The van der Waals surface area contributed by atoms with Crippen molar-refractivity contribution < 1.29 is 14.6 Å². The number of nitro benzene ring substituents is 1. The number of nitro groups is 1. The normalized spacial score (nSPS) is 10.3. The zero-order valence-electron chi connectivity index (χ0n) is 9.90. The van der Waals surface area contributed by atoms with Gasteiger partial charge in [-0.05, 0) is 6.07 Å². The van der Waals surface area contributed by atoms with Gasteiger partial charge in [0.05, 0.1) is 32.1 Å². The minimum absolute atomic E-state index is 0.0733. The molecule has 0 aromatic heterocycles. The van der Waals surface area contributed by atoms with Gasteiger partial charge in [-0.15, -0.1) is 0 Å². The highest BCUT2D eigenvalue weighted by Gasteiger charge is 2.11. The quantitative estimate of drug-likeness (QED) is 0.535. The van der Waals surface area contributed by atoms with Crippen LogP contribution < -0.4 is 10.2 Å². The number of amides is 1. The first kappa shape index (κ1) is 13.1. The third kappa shape index (κ3) is 4.20. The Bertz CT molecular complexity index is 418. The topological polar surface area (TPSA) is 76.7 Å².